The fourth-order valence-corrected chi connectivity index (χ4v) is 2.81. The van der Waals surface area contributed by atoms with E-state index in [0.717, 1.165) is 5.69 Å². The molecule has 0 aliphatic carbocycles. The molecule has 0 radical (unpaired) electrons. The van der Waals surface area contributed by atoms with E-state index in [4.69, 9.17) is 16.9 Å². The van der Waals surface area contributed by atoms with Crippen molar-refractivity contribution in [1.82, 2.24) is 25.3 Å². The van der Waals surface area contributed by atoms with Crippen LogP contribution in [-0.2, 0) is 6.54 Å². The van der Waals surface area contributed by atoms with E-state index in [-0.39, 0.29) is 5.91 Å². The van der Waals surface area contributed by atoms with Crippen LogP contribution in [-0.4, -0.2) is 25.9 Å². The number of hydrogen-bond donors (Lipinski definition) is 2. The minimum absolute atomic E-state index is 0.219. The van der Waals surface area contributed by atoms with Gasteiger partial charge in [0.2, 0.25) is 0 Å². The summed E-state index contributed by atoms with van der Waals surface area (Å²) in [5.74, 6) is -0.219. The largest absolute Gasteiger partial charge is 0.346 e. The molecule has 2 aromatic heterocycles. The highest BCUT2D eigenvalue weighted by Crippen LogP contribution is 2.23. The molecule has 8 heteroatoms. The average Bonchev–Trinajstić information content (AvgIpc) is 3.20. The monoisotopic (exact) mass is 354 g/mol. The van der Waals surface area contributed by atoms with E-state index >= 15 is 0 Å². The fourth-order valence-electron chi connectivity index (χ4n) is 2.60. The molecule has 2 N–H and O–H groups in total. The Balaban J connectivity index is 1.89. The van der Waals surface area contributed by atoms with E-state index in [9.17, 15) is 4.79 Å². The number of H-pyrrole nitrogens is 1. The number of nitriles is 1. The van der Waals surface area contributed by atoms with E-state index in [1.807, 2.05) is 13.0 Å². The molecule has 0 fully saturated rings. The number of carbonyl (C=O) groups is 1. The van der Waals surface area contributed by atoms with E-state index in [1.165, 1.54) is 0 Å². The number of aryl methyl sites for hydroxylation is 1. The Bertz CT molecular complexity index is 968. The van der Waals surface area contributed by atoms with Crippen LogP contribution in [0.2, 0.25) is 5.02 Å². The topological polar surface area (TPSA) is 99.4 Å². The van der Waals surface area contributed by atoms with Gasteiger partial charge >= 0.3 is 0 Å². The molecule has 2 heterocycles. The van der Waals surface area contributed by atoms with Crippen molar-refractivity contribution in [3.63, 3.8) is 0 Å². The van der Waals surface area contributed by atoms with Crippen LogP contribution in [0.3, 0.4) is 0 Å². The smallest absolute Gasteiger partial charge is 0.255 e. The van der Waals surface area contributed by atoms with Gasteiger partial charge < -0.3 is 5.32 Å². The van der Waals surface area contributed by atoms with Crippen molar-refractivity contribution in [2.45, 2.75) is 20.4 Å². The van der Waals surface area contributed by atoms with Gasteiger partial charge in [0.1, 0.15) is 6.07 Å². The van der Waals surface area contributed by atoms with Crippen LogP contribution in [0.5, 0.6) is 0 Å². The molecule has 25 heavy (non-hydrogen) atoms. The Labute approximate surface area is 149 Å². The molecule has 0 saturated heterocycles. The zero-order valence-electron chi connectivity index (χ0n) is 13.7. The third-order valence-electron chi connectivity index (χ3n) is 3.82. The lowest BCUT2D eigenvalue weighted by molar-refractivity contribution is 0.0949. The first-order valence-electron chi connectivity index (χ1n) is 7.54. The second-order valence-corrected chi connectivity index (χ2v) is 5.89. The van der Waals surface area contributed by atoms with Crippen LogP contribution >= 0.6 is 11.6 Å². The van der Waals surface area contributed by atoms with Crippen LogP contribution in [0.15, 0.2) is 30.5 Å². The zero-order chi connectivity index (χ0) is 18.0. The summed E-state index contributed by atoms with van der Waals surface area (Å²) in [4.78, 5) is 12.5. The number of amides is 1. The Hall–Kier alpha value is -3.11. The second kappa shape index (κ2) is 6.79. The summed E-state index contributed by atoms with van der Waals surface area (Å²) < 4.78 is 1.64. The zero-order valence-corrected chi connectivity index (χ0v) is 14.4. The van der Waals surface area contributed by atoms with Crippen LogP contribution in [0.4, 0.5) is 0 Å². The van der Waals surface area contributed by atoms with Gasteiger partial charge in [0.25, 0.3) is 5.91 Å². The molecule has 0 saturated carbocycles. The van der Waals surface area contributed by atoms with Crippen molar-refractivity contribution in [1.29, 1.82) is 5.26 Å². The summed E-state index contributed by atoms with van der Waals surface area (Å²) in [5.41, 5.74) is 3.64. The molecule has 3 rings (SSSR count). The van der Waals surface area contributed by atoms with E-state index < -0.39 is 0 Å². The maximum absolute atomic E-state index is 12.5. The van der Waals surface area contributed by atoms with Gasteiger partial charge in [0, 0.05) is 6.20 Å². The second-order valence-electron chi connectivity index (χ2n) is 5.48. The van der Waals surface area contributed by atoms with Gasteiger partial charge in [0.15, 0.2) is 0 Å². The molecule has 1 amide bonds. The number of rotatable bonds is 4. The molecule has 3 aromatic rings. The first-order chi connectivity index (χ1) is 12.0. The minimum Gasteiger partial charge on any atom is -0.346 e. The number of aromatic nitrogens is 4. The average molecular weight is 355 g/mol. The fraction of sp³-hybridized carbons (Fsp3) is 0.176. The van der Waals surface area contributed by atoms with Crippen molar-refractivity contribution in [3.05, 3.63) is 63.7 Å². The van der Waals surface area contributed by atoms with Crippen LogP contribution in [0, 0.1) is 25.2 Å². The van der Waals surface area contributed by atoms with Crippen molar-refractivity contribution < 1.29 is 4.79 Å². The van der Waals surface area contributed by atoms with Crippen molar-refractivity contribution >= 4 is 17.5 Å². The lowest BCUT2D eigenvalue weighted by Crippen LogP contribution is -2.24. The summed E-state index contributed by atoms with van der Waals surface area (Å²) in [6.45, 7) is 3.92. The number of hydrogen-bond acceptors (Lipinski definition) is 4. The van der Waals surface area contributed by atoms with Crippen molar-refractivity contribution in [2.24, 2.45) is 0 Å². The van der Waals surface area contributed by atoms with Crippen molar-refractivity contribution in [2.75, 3.05) is 0 Å². The first kappa shape index (κ1) is 16.7. The minimum atomic E-state index is -0.219. The Morgan fingerprint density at radius 2 is 2.20 bits per heavy atom. The molecular formula is C17H15ClN6O. The van der Waals surface area contributed by atoms with E-state index in [2.05, 4.69) is 20.6 Å². The normalized spacial score (nSPS) is 10.5. The third-order valence-corrected chi connectivity index (χ3v) is 4.14. The van der Waals surface area contributed by atoms with Gasteiger partial charge in [-0.3, -0.25) is 9.89 Å². The van der Waals surface area contributed by atoms with Gasteiger partial charge in [-0.2, -0.15) is 15.5 Å². The maximum atomic E-state index is 12.5. The lowest BCUT2D eigenvalue weighted by atomic mass is 10.1. The summed E-state index contributed by atoms with van der Waals surface area (Å²) in [5, 5.41) is 23.3. The first-order valence-corrected chi connectivity index (χ1v) is 7.92. The van der Waals surface area contributed by atoms with Gasteiger partial charge in [-0.05, 0) is 38.1 Å². The van der Waals surface area contributed by atoms with Gasteiger partial charge in [-0.25, -0.2) is 4.68 Å². The highest BCUT2D eigenvalue weighted by Gasteiger charge is 2.19. The lowest BCUT2D eigenvalue weighted by Gasteiger charge is -2.07. The number of nitrogens with one attached hydrogen (secondary N) is 2. The highest BCUT2D eigenvalue weighted by molar-refractivity contribution is 6.31. The molecule has 126 valence electrons. The van der Waals surface area contributed by atoms with Crippen LogP contribution < -0.4 is 5.32 Å². The Kier molecular flexibility index (Phi) is 4.55. The van der Waals surface area contributed by atoms with Crippen LogP contribution in [0.25, 0.3) is 5.69 Å². The molecule has 7 nitrogen and oxygen atoms in total. The van der Waals surface area contributed by atoms with Gasteiger partial charge in [-0.1, -0.05) is 11.6 Å². The summed E-state index contributed by atoms with van der Waals surface area (Å²) in [6.07, 6.45) is 1.70. The molecule has 0 atom stereocenters. The van der Waals surface area contributed by atoms with Crippen molar-refractivity contribution in [3.8, 4) is 11.8 Å². The van der Waals surface area contributed by atoms with Gasteiger partial charge in [0.05, 0.1) is 45.5 Å². The quantitative estimate of drug-likeness (QED) is 0.752. The Morgan fingerprint density at radius 3 is 2.84 bits per heavy atom. The number of aromatic amines is 1. The summed E-state index contributed by atoms with van der Waals surface area (Å²) in [7, 11) is 0. The highest BCUT2D eigenvalue weighted by atomic mass is 35.5. The number of nitrogens with zero attached hydrogens (tertiary/aromatic N) is 4. The SMILES string of the molecule is Cc1nn(-c2ccc(C#N)c(Cl)c2)c(C)c1C(=O)NCc1cc[nH]n1. The Morgan fingerprint density at radius 1 is 1.40 bits per heavy atom. The number of benzene rings is 1. The molecule has 0 spiro atoms. The van der Waals surface area contributed by atoms with Gasteiger partial charge in [-0.15, -0.1) is 0 Å². The molecule has 0 unspecified atom stereocenters. The molecular weight excluding hydrogens is 340 g/mol. The predicted octanol–water partition coefficient (Wildman–Crippen LogP) is 2.67. The molecule has 1 aromatic carbocycles. The standard InChI is InChI=1S/C17H15ClN6O/c1-10-16(17(25)20-9-13-5-6-21-22-13)11(2)24(23-10)14-4-3-12(8-19)15(18)7-14/h3-7H,9H2,1-2H3,(H,20,25)(H,21,22). The third kappa shape index (κ3) is 3.25. The number of halogens is 1. The van der Waals surface area contributed by atoms with Crippen LogP contribution in [0.1, 0.15) is 33.0 Å². The maximum Gasteiger partial charge on any atom is 0.255 e. The summed E-state index contributed by atoms with van der Waals surface area (Å²) in [6, 6.07) is 8.85. The predicted molar refractivity (Wildman–Crippen MR) is 92.5 cm³/mol. The van der Waals surface area contributed by atoms with E-state index in [0.29, 0.717) is 39.8 Å². The number of carbonyl (C=O) groups excluding carboxylic acids is 1. The molecule has 0 bridgehead atoms. The summed E-state index contributed by atoms with van der Waals surface area (Å²) >= 11 is 6.09. The molecule has 0 aliphatic heterocycles. The van der Waals surface area contributed by atoms with E-state index in [1.54, 1.807) is 42.1 Å². The molecule has 0 aliphatic rings.